The number of nitriles is 1. The Balaban J connectivity index is 2.80. The third kappa shape index (κ3) is 3.45. The van der Waals surface area contributed by atoms with Gasteiger partial charge in [-0.05, 0) is 38.0 Å². The highest BCUT2D eigenvalue weighted by Crippen LogP contribution is 2.40. The molecule has 0 bridgehead atoms. The smallest absolute Gasteiger partial charge is 0.334 e. The second-order valence-corrected chi connectivity index (χ2v) is 5.81. The average Bonchev–Trinajstić information content (AvgIpc) is 2.53. The van der Waals surface area contributed by atoms with Gasteiger partial charge in [0, 0.05) is 17.0 Å². The number of carboxylic acids is 2. The fraction of sp³-hybridized carbons (Fsp3) is 0.211. The third-order valence-corrected chi connectivity index (χ3v) is 4.08. The largest absolute Gasteiger partial charge is 0.478 e. The molecule has 0 unspecified atom stereocenters. The van der Waals surface area contributed by atoms with E-state index in [1.54, 1.807) is 51.1 Å². The van der Waals surface area contributed by atoms with Gasteiger partial charge in [0.1, 0.15) is 0 Å². The molecule has 1 aliphatic rings. The van der Waals surface area contributed by atoms with Gasteiger partial charge in [-0.25, -0.2) is 9.59 Å². The van der Waals surface area contributed by atoms with Gasteiger partial charge in [0.25, 0.3) is 0 Å². The van der Waals surface area contributed by atoms with E-state index in [-0.39, 0.29) is 11.1 Å². The van der Waals surface area contributed by atoms with Crippen LogP contribution in [0.2, 0.25) is 0 Å². The summed E-state index contributed by atoms with van der Waals surface area (Å²) in [4.78, 5) is 23.7. The van der Waals surface area contributed by atoms with E-state index in [4.69, 9.17) is 5.26 Å². The van der Waals surface area contributed by atoms with Gasteiger partial charge in [-0.15, -0.1) is 0 Å². The molecular formula is C19H18N2O4. The predicted octanol–water partition coefficient (Wildman–Crippen LogP) is 3.02. The molecule has 0 atom stereocenters. The van der Waals surface area contributed by atoms with E-state index in [1.165, 1.54) is 0 Å². The van der Waals surface area contributed by atoms with Crippen molar-refractivity contribution in [2.24, 2.45) is 0 Å². The van der Waals surface area contributed by atoms with E-state index in [2.05, 4.69) is 5.32 Å². The zero-order valence-corrected chi connectivity index (χ0v) is 14.1. The van der Waals surface area contributed by atoms with Gasteiger partial charge in [-0.3, -0.25) is 0 Å². The molecule has 0 saturated carbocycles. The molecule has 0 radical (unpaired) electrons. The Morgan fingerprint density at radius 2 is 1.64 bits per heavy atom. The van der Waals surface area contributed by atoms with E-state index >= 15 is 0 Å². The van der Waals surface area contributed by atoms with Crippen molar-refractivity contribution >= 4 is 18.0 Å². The molecule has 0 aliphatic carbocycles. The first-order valence-corrected chi connectivity index (χ1v) is 7.60. The van der Waals surface area contributed by atoms with Crippen LogP contribution in [0, 0.1) is 11.3 Å². The number of carboxylic acid groups (broad SMARTS) is 2. The third-order valence-electron chi connectivity index (χ3n) is 4.08. The highest BCUT2D eigenvalue weighted by molar-refractivity contribution is 5.98. The Kier molecular flexibility index (Phi) is 5.08. The summed E-state index contributed by atoms with van der Waals surface area (Å²) >= 11 is 0. The Bertz CT molecular complexity index is 849. The molecule has 6 heteroatoms. The lowest BCUT2D eigenvalue weighted by Crippen LogP contribution is -2.31. The van der Waals surface area contributed by atoms with Crippen molar-refractivity contribution in [3.05, 3.63) is 63.5 Å². The molecule has 0 fully saturated rings. The number of benzene rings is 1. The summed E-state index contributed by atoms with van der Waals surface area (Å²) in [6.45, 7) is 4.85. The van der Waals surface area contributed by atoms with Gasteiger partial charge in [0.05, 0.1) is 23.1 Å². The normalized spacial score (nSPS) is 15.7. The molecule has 1 heterocycles. The van der Waals surface area contributed by atoms with Crippen molar-refractivity contribution in [3.63, 3.8) is 0 Å². The standard InChI is InChI=1S/C19H18N2O4/c1-10(9-20)8-13-6-4-5-7-14(13)17-15(18(22)23)11(2)21-12(3)16(17)19(24)25/h4-8,17,21H,1-3H3,(H,22,23)(H,24,25)/b10-8-. The zero-order valence-electron chi connectivity index (χ0n) is 14.1. The minimum atomic E-state index is -1.18. The number of hydrogen-bond donors (Lipinski definition) is 3. The molecule has 25 heavy (non-hydrogen) atoms. The first-order chi connectivity index (χ1) is 11.8. The molecule has 1 aromatic carbocycles. The number of nitrogens with one attached hydrogen (secondary N) is 1. The van der Waals surface area contributed by atoms with Crippen LogP contribution in [0.3, 0.4) is 0 Å². The molecule has 1 aromatic rings. The highest BCUT2D eigenvalue weighted by Gasteiger charge is 2.37. The lowest BCUT2D eigenvalue weighted by Gasteiger charge is -2.29. The van der Waals surface area contributed by atoms with Crippen LogP contribution in [0.25, 0.3) is 6.08 Å². The fourth-order valence-corrected chi connectivity index (χ4v) is 3.04. The molecule has 6 nitrogen and oxygen atoms in total. The lowest BCUT2D eigenvalue weighted by atomic mass is 9.78. The second kappa shape index (κ2) is 7.05. The van der Waals surface area contributed by atoms with E-state index in [1.807, 2.05) is 6.07 Å². The first-order valence-electron chi connectivity index (χ1n) is 7.60. The Labute approximate surface area is 145 Å². The van der Waals surface area contributed by atoms with Crippen LogP contribution in [0.4, 0.5) is 0 Å². The number of dihydropyridines is 1. The molecule has 0 amide bonds. The van der Waals surface area contributed by atoms with E-state index in [0.717, 1.165) is 0 Å². The summed E-state index contributed by atoms with van der Waals surface area (Å²) in [6.07, 6.45) is 1.63. The topological polar surface area (TPSA) is 110 Å². The summed E-state index contributed by atoms with van der Waals surface area (Å²) in [5.74, 6) is -3.30. The number of hydrogen-bond acceptors (Lipinski definition) is 4. The molecular weight excluding hydrogens is 320 g/mol. The average molecular weight is 338 g/mol. The minimum absolute atomic E-state index is 0.0153. The Hall–Kier alpha value is -3.33. The Morgan fingerprint density at radius 1 is 1.12 bits per heavy atom. The maximum atomic E-state index is 11.8. The number of aliphatic carboxylic acids is 2. The van der Waals surface area contributed by atoms with Crippen LogP contribution in [0.1, 0.15) is 37.8 Å². The molecule has 2 rings (SSSR count). The van der Waals surface area contributed by atoms with E-state index in [9.17, 15) is 19.8 Å². The van der Waals surface area contributed by atoms with Gasteiger partial charge < -0.3 is 15.5 Å². The van der Waals surface area contributed by atoms with Gasteiger partial charge in [-0.1, -0.05) is 24.3 Å². The molecule has 0 spiro atoms. The maximum absolute atomic E-state index is 11.8. The number of nitrogens with zero attached hydrogens (tertiary/aromatic N) is 1. The van der Waals surface area contributed by atoms with Crippen molar-refractivity contribution in [1.82, 2.24) is 5.32 Å². The summed E-state index contributed by atoms with van der Waals surface area (Å²) in [5, 5.41) is 31.2. The quantitative estimate of drug-likeness (QED) is 0.728. The van der Waals surface area contributed by atoms with Gasteiger partial charge in [-0.2, -0.15) is 5.26 Å². The van der Waals surface area contributed by atoms with Crippen LogP contribution < -0.4 is 5.32 Å². The second-order valence-electron chi connectivity index (χ2n) is 5.81. The number of rotatable bonds is 4. The van der Waals surface area contributed by atoms with Crippen LogP contribution in [0.5, 0.6) is 0 Å². The van der Waals surface area contributed by atoms with E-state index in [0.29, 0.717) is 28.1 Å². The number of allylic oxidation sites excluding steroid dienone is 3. The SMILES string of the molecule is CC1=C(C(=O)O)C(c2ccccc2/C=C(/C)C#N)C(C(=O)O)=C(C)N1. The lowest BCUT2D eigenvalue weighted by molar-refractivity contribution is -0.133. The molecule has 0 aromatic heterocycles. The minimum Gasteiger partial charge on any atom is -0.478 e. The predicted molar refractivity (Wildman–Crippen MR) is 92.3 cm³/mol. The summed E-state index contributed by atoms with van der Waals surface area (Å²) < 4.78 is 0. The highest BCUT2D eigenvalue weighted by atomic mass is 16.4. The molecule has 0 saturated heterocycles. The van der Waals surface area contributed by atoms with Crippen molar-refractivity contribution in [3.8, 4) is 6.07 Å². The first kappa shape index (κ1) is 18.0. The fourth-order valence-electron chi connectivity index (χ4n) is 3.04. The van der Waals surface area contributed by atoms with Crippen molar-refractivity contribution < 1.29 is 19.8 Å². The van der Waals surface area contributed by atoms with Crippen molar-refractivity contribution in [2.75, 3.05) is 0 Å². The van der Waals surface area contributed by atoms with Crippen molar-refractivity contribution in [2.45, 2.75) is 26.7 Å². The zero-order chi connectivity index (χ0) is 18.7. The van der Waals surface area contributed by atoms with Gasteiger partial charge in [0.15, 0.2) is 0 Å². The molecule has 128 valence electrons. The number of carbonyl (C=O) groups is 2. The monoisotopic (exact) mass is 338 g/mol. The van der Waals surface area contributed by atoms with Crippen molar-refractivity contribution in [1.29, 1.82) is 5.26 Å². The van der Waals surface area contributed by atoms with Crippen LogP contribution in [-0.2, 0) is 9.59 Å². The molecule has 3 N–H and O–H groups in total. The van der Waals surface area contributed by atoms with Gasteiger partial charge in [0.2, 0.25) is 0 Å². The van der Waals surface area contributed by atoms with Gasteiger partial charge >= 0.3 is 11.9 Å². The summed E-state index contributed by atoms with van der Waals surface area (Å²) in [6, 6.07) is 8.93. The van der Waals surface area contributed by atoms with Crippen LogP contribution >= 0.6 is 0 Å². The van der Waals surface area contributed by atoms with Crippen LogP contribution in [-0.4, -0.2) is 22.2 Å². The summed E-state index contributed by atoms with van der Waals surface area (Å²) in [5.41, 5.74) is 2.36. The Morgan fingerprint density at radius 3 is 2.12 bits per heavy atom. The van der Waals surface area contributed by atoms with E-state index < -0.39 is 17.9 Å². The molecule has 1 aliphatic heterocycles. The maximum Gasteiger partial charge on any atom is 0.334 e. The van der Waals surface area contributed by atoms with Crippen LogP contribution in [0.15, 0.2) is 52.4 Å². The summed E-state index contributed by atoms with van der Waals surface area (Å²) in [7, 11) is 0.